The van der Waals surface area contributed by atoms with Crippen LogP contribution in [0.1, 0.15) is 38.5 Å². The van der Waals surface area contributed by atoms with E-state index in [4.69, 9.17) is 5.11 Å². The Morgan fingerprint density at radius 2 is 2.03 bits per heavy atom. The summed E-state index contributed by atoms with van der Waals surface area (Å²) in [6, 6.07) is 7.23. The SMILES string of the molecule is O=C(O)C1CCC(Nc2ncc(F)c(-c3cccc(N4CCCC4=O)c3)n2)CC1. The van der Waals surface area contributed by atoms with Crippen LogP contribution < -0.4 is 10.2 Å². The fourth-order valence-corrected chi connectivity index (χ4v) is 4.05. The first-order valence-electron chi connectivity index (χ1n) is 9.94. The monoisotopic (exact) mass is 398 g/mol. The van der Waals surface area contributed by atoms with Crippen LogP contribution in [-0.4, -0.2) is 39.5 Å². The third kappa shape index (κ3) is 4.21. The molecule has 2 aromatic rings. The van der Waals surface area contributed by atoms with Crippen molar-refractivity contribution in [1.82, 2.24) is 9.97 Å². The fourth-order valence-electron chi connectivity index (χ4n) is 4.05. The number of hydrogen-bond donors (Lipinski definition) is 2. The molecule has 29 heavy (non-hydrogen) atoms. The number of carbonyl (C=O) groups is 2. The van der Waals surface area contributed by atoms with E-state index in [0.29, 0.717) is 50.2 Å². The first-order chi connectivity index (χ1) is 14.0. The summed E-state index contributed by atoms with van der Waals surface area (Å²) < 4.78 is 14.5. The molecule has 7 nitrogen and oxygen atoms in total. The molecule has 0 unspecified atom stereocenters. The second-order valence-corrected chi connectivity index (χ2v) is 7.62. The molecule has 4 rings (SSSR count). The number of hydrogen-bond acceptors (Lipinski definition) is 5. The lowest BCUT2D eigenvalue weighted by Gasteiger charge is -2.26. The normalized spacial score (nSPS) is 22.0. The maximum atomic E-state index is 14.5. The fraction of sp³-hybridized carbons (Fsp3) is 0.429. The van der Waals surface area contributed by atoms with E-state index in [0.717, 1.165) is 18.3 Å². The van der Waals surface area contributed by atoms with Crippen LogP contribution >= 0.6 is 0 Å². The number of aliphatic carboxylic acids is 1. The van der Waals surface area contributed by atoms with Gasteiger partial charge in [0, 0.05) is 30.3 Å². The van der Waals surface area contributed by atoms with Crippen LogP contribution in [0.25, 0.3) is 11.3 Å². The Labute approximate surface area is 168 Å². The van der Waals surface area contributed by atoms with Gasteiger partial charge in [0.2, 0.25) is 11.9 Å². The van der Waals surface area contributed by atoms with Crippen molar-refractivity contribution in [3.05, 3.63) is 36.3 Å². The number of benzene rings is 1. The highest BCUT2D eigenvalue weighted by molar-refractivity contribution is 5.95. The van der Waals surface area contributed by atoms with Crippen LogP contribution in [-0.2, 0) is 9.59 Å². The number of anilines is 2. The van der Waals surface area contributed by atoms with Crippen molar-refractivity contribution in [1.29, 1.82) is 0 Å². The number of carbonyl (C=O) groups excluding carboxylic acids is 1. The molecule has 1 saturated heterocycles. The summed E-state index contributed by atoms with van der Waals surface area (Å²) in [4.78, 5) is 33.2. The van der Waals surface area contributed by atoms with Crippen LogP contribution in [0.5, 0.6) is 0 Å². The molecule has 0 spiro atoms. The number of rotatable bonds is 5. The summed E-state index contributed by atoms with van der Waals surface area (Å²) in [5, 5.41) is 12.3. The van der Waals surface area contributed by atoms with Crippen LogP contribution in [0, 0.1) is 11.7 Å². The lowest BCUT2D eigenvalue weighted by molar-refractivity contribution is -0.142. The molecular formula is C21H23FN4O3. The van der Waals surface area contributed by atoms with E-state index in [1.54, 1.807) is 23.1 Å². The van der Waals surface area contributed by atoms with Gasteiger partial charge in [-0.1, -0.05) is 12.1 Å². The zero-order valence-corrected chi connectivity index (χ0v) is 16.0. The maximum absolute atomic E-state index is 14.5. The molecule has 1 aliphatic heterocycles. The summed E-state index contributed by atoms with van der Waals surface area (Å²) in [7, 11) is 0. The lowest BCUT2D eigenvalue weighted by Crippen LogP contribution is -2.29. The average Bonchev–Trinajstić information content (AvgIpc) is 3.16. The topological polar surface area (TPSA) is 95.4 Å². The molecule has 2 aliphatic rings. The number of carboxylic acids is 1. The summed E-state index contributed by atoms with van der Waals surface area (Å²) in [5.41, 5.74) is 1.50. The molecule has 2 fully saturated rings. The number of halogens is 1. The standard InChI is InChI=1S/C21H23FN4O3/c22-17-12-23-21(24-15-8-6-13(7-9-15)20(28)29)25-19(17)14-3-1-4-16(11-14)26-10-2-5-18(26)27/h1,3-4,11-13,15H,2,5-10H2,(H,28,29)(H,23,24,25). The molecule has 1 aliphatic carbocycles. The highest BCUT2D eigenvalue weighted by Gasteiger charge is 2.26. The molecule has 1 amide bonds. The van der Waals surface area contributed by atoms with Gasteiger partial charge in [-0.3, -0.25) is 9.59 Å². The Morgan fingerprint density at radius 3 is 2.72 bits per heavy atom. The van der Waals surface area contributed by atoms with Gasteiger partial charge in [-0.15, -0.1) is 0 Å². The average molecular weight is 398 g/mol. The Hall–Kier alpha value is -3.03. The van der Waals surface area contributed by atoms with Gasteiger partial charge in [-0.05, 0) is 44.2 Å². The van der Waals surface area contributed by atoms with Gasteiger partial charge in [0.1, 0.15) is 5.69 Å². The molecule has 0 radical (unpaired) electrons. The highest BCUT2D eigenvalue weighted by atomic mass is 19.1. The summed E-state index contributed by atoms with van der Waals surface area (Å²) in [6.07, 6.45) is 5.12. The van der Waals surface area contributed by atoms with Gasteiger partial charge >= 0.3 is 5.97 Å². The van der Waals surface area contributed by atoms with E-state index in [1.165, 1.54) is 0 Å². The molecule has 8 heteroatoms. The van der Waals surface area contributed by atoms with Crippen molar-refractivity contribution in [3.8, 4) is 11.3 Å². The Bertz CT molecular complexity index is 928. The van der Waals surface area contributed by atoms with Crippen LogP contribution in [0.3, 0.4) is 0 Å². The minimum absolute atomic E-state index is 0.0671. The number of aromatic nitrogens is 2. The zero-order valence-electron chi connectivity index (χ0n) is 16.0. The quantitative estimate of drug-likeness (QED) is 0.801. The summed E-state index contributed by atoms with van der Waals surface area (Å²) in [5.74, 6) is -1.18. The maximum Gasteiger partial charge on any atom is 0.306 e. The third-order valence-electron chi connectivity index (χ3n) is 5.66. The second kappa shape index (κ2) is 8.14. The predicted molar refractivity (Wildman–Crippen MR) is 106 cm³/mol. The molecule has 2 N–H and O–H groups in total. The van der Waals surface area contributed by atoms with E-state index in [9.17, 15) is 14.0 Å². The van der Waals surface area contributed by atoms with E-state index in [1.807, 2.05) is 6.07 Å². The van der Waals surface area contributed by atoms with Crippen molar-refractivity contribution in [2.75, 3.05) is 16.8 Å². The number of nitrogens with zero attached hydrogens (tertiary/aromatic N) is 3. The molecule has 1 aromatic heterocycles. The first kappa shape index (κ1) is 19.3. The van der Waals surface area contributed by atoms with E-state index in [-0.39, 0.29) is 23.6 Å². The molecule has 1 saturated carbocycles. The van der Waals surface area contributed by atoms with Crippen molar-refractivity contribution in [2.45, 2.75) is 44.6 Å². The highest BCUT2D eigenvalue weighted by Crippen LogP contribution is 2.29. The van der Waals surface area contributed by atoms with Crippen molar-refractivity contribution in [3.63, 3.8) is 0 Å². The Morgan fingerprint density at radius 1 is 1.24 bits per heavy atom. The lowest BCUT2D eigenvalue weighted by atomic mass is 9.86. The smallest absolute Gasteiger partial charge is 0.306 e. The zero-order chi connectivity index (χ0) is 20.4. The van der Waals surface area contributed by atoms with E-state index < -0.39 is 11.8 Å². The largest absolute Gasteiger partial charge is 0.481 e. The number of amides is 1. The van der Waals surface area contributed by atoms with Gasteiger partial charge in [-0.2, -0.15) is 0 Å². The van der Waals surface area contributed by atoms with Crippen LogP contribution in [0.2, 0.25) is 0 Å². The molecule has 0 bridgehead atoms. The molecular weight excluding hydrogens is 375 g/mol. The molecule has 0 atom stereocenters. The number of nitrogens with one attached hydrogen (secondary N) is 1. The van der Waals surface area contributed by atoms with Crippen LogP contribution in [0.4, 0.5) is 16.0 Å². The summed E-state index contributed by atoms with van der Waals surface area (Å²) in [6.45, 7) is 0.667. The summed E-state index contributed by atoms with van der Waals surface area (Å²) >= 11 is 0. The Kier molecular flexibility index (Phi) is 5.42. The van der Waals surface area contributed by atoms with E-state index >= 15 is 0 Å². The Balaban J connectivity index is 1.52. The molecule has 152 valence electrons. The number of carboxylic acid groups (broad SMARTS) is 1. The third-order valence-corrected chi connectivity index (χ3v) is 5.66. The van der Waals surface area contributed by atoms with Gasteiger partial charge in [0.15, 0.2) is 5.82 Å². The minimum atomic E-state index is -0.750. The first-order valence-corrected chi connectivity index (χ1v) is 9.94. The van der Waals surface area contributed by atoms with Crippen molar-refractivity contribution in [2.24, 2.45) is 5.92 Å². The molecule has 2 heterocycles. The van der Waals surface area contributed by atoms with Crippen LogP contribution in [0.15, 0.2) is 30.5 Å². The van der Waals surface area contributed by atoms with Gasteiger partial charge in [0.05, 0.1) is 12.1 Å². The van der Waals surface area contributed by atoms with Gasteiger partial charge in [0.25, 0.3) is 0 Å². The van der Waals surface area contributed by atoms with Gasteiger partial charge < -0.3 is 15.3 Å². The molecule has 1 aromatic carbocycles. The van der Waals surface area contributed by atoms with Crippen molar-refractivity contribution >= 4 is 23.5 Å². The second-order valence-electron chi connectivity index (χ2n) is 7.62. The van der Waals surface area contributed by atoms with E-state index in [2.05, 4.69) is 15.3 Å². The minimum Gasteiger partial charge on any atom is -0.481 e. The van der Waals surface area contributed by atoms with Crippen molar-refractivity contribution < 1.29 is 19.1 Å². The van der Waals surface area contributed by atoms with Gasteiger partial charge in [-0.25, -0.2) is 14.4 Å². The predicted octanol–water partition coefficient (Wildman–Crippen LogP) is 3.46.